The predicted octanol–water partition coefficient (Wildman–Crippen LogP) is 1.76. The number of carbonyl (C=O) groups excluding carboxylic acids is 1. The molecule has 0 saturated carbocycles. The van der Waals surface area contributed by atoms with E-state index < -0.39 is 0 Å². The fourth-order valence-electron chi connectivity index (χ4n) is 1.48. The monoisotopic (exact) mass is 239 g/mol. The smallest absolute Gasteiger partial charge is 0.176 e. The predicted molar refractivity (Wildman–Crippen MR) is 64.5 cm³/mol. The first-order valence-electron chi connectivity index (χ1n) is 5.84. The molecule has 0 aliphatic rings. The van der Waals surface area contributed by atoms with Crippen LogP contribution in [0.5, 0.6) is 0 Å². The molecule has 0 spiro atoms. The zero-order chi connectivity index (χ0) is 12.5. The molecular weight excluding hydrogens is 221 g/mol. The second kappa shape index (κ2) is 7.92. The van der Waals surface area contributed by atoms with Crippen LogP contribution >= 0.6 is 0 Å². The maximum atomic E-state index is 12.6. The van der Waals surface area contributed by atoms with Crippen LogP contribution in [0.4, 0.5) is 4.39 Å². The Labute approximate surface area is 101 Å². The maximum Gasteiger partial charge on any atom is 0.176 e. The molecule has 17 heavy (non-hydrogen) atoms. The van der Waals surface area contributed by atoms with E-state index in [4.69, 9.17) is 5.11 Å². The van der Waals surface area contributed by atoms with Crippen molar-refractivity contribution in [1.82, 2.24) is 5.32 Å². The lowest BCUT2D eigenvalue weighted by atomic mass is 10.1. The number of benzene rings is 1. The first-order chi connectivity index (χ1) is 8.24. The molecule has 4 heteroatoms. The molecule has 1 aromatic rings. The Morgan fingerprint density at radius 2 is 1.88 bits per heavy atom. The third-order valence-electron chi connectivity index (χ3n) is 2.46. The molecule has 0 amide bonds. The molecule has 0 heterocycles. The summed E-state index contributed by atoms with van der Waals surface area (Å²) in [5, 5.41) is 11.6. The fraction of sp³-hybridized carbons (Fsp3) is 0.462. The van der Waals surface area contributed by atoms with E-state index in [1.54, 1.807) is 0 Å². The van der Waals surface area contributed by atoms with Crippen molar-refractivity contribution < 1.29 is 14.3 Å². The van der Waals surface area contributed by atoms with Crippen molar-refractivity contribution in [2.45, 2.75) is 19.3 Å². The van der Waals surface area contributed by atoms with Crippen LogP contribution in [0.2, 0.25) is 0 Å². The van der Waals surface area contributed by atoms with Gasteiger partial charge in [0.2, 0.25) is 0 Å². The van der Waals surface area contributed by atoms with Gasteiger partial charge >= 0.3 is 0 Å². The summed E-state index contributed by atoms with van der Waals surface area (Å²) in [5.74, 6) is -0.370. The third-order valence-corrected chi connectivity index (χ3v) is 2.46. The van der Waals surface area contributed by atoms with Gasteiger partial charge in [-0.05, 0) is 50.1 Å². The van der Waals surface area contributed by atoms with Crippen LogP contribution in [0.15, 0.2) is 24.3 Å². The molecule has 0 aliphatic carbocycles. The van der Waals surface area contributed by atoms with Gasteiger partial charge in [-0.25, -0.2) is 4.39 Å². The van der Waals surface area contributed by atoms with Crippen LogP contribution in [0.1, 0.15) is 29.6 Å². The first kappa shape index (κ1) is 13.8. The minimum atomic E-state index is -0.335. The van der Waals surface area contributed by atoms with E-state index >= 15 is 0 Å². The van der Waals surface area contributed by atoms with Gasteiger partial charge in [-0.3, -0.25) is 4.79 Å². The van der Waals surface area contributed by atoms with Crippen LogP contribution in [0.3, 0.4) is 0 Å². The van der Waals surface area contributed by atoms with E-state index in [0.717, 1.165) is 25.8 Å². The van der Waals surface area contributed by atoms with Gasteiger partial charge in [-0.2, -0.15) is 0 Å². The second-order valence-electron chi connectivity index (χ2n) is 3.89. The Balaban J connectivity index is 2.19. The molecule has 94 valence electrons. The number of hydrogen-bond donors (Lipinski definition) is 2. The minimum absolute atomic E-state index is 0.0350. The average Bonchev–Trinajstić information content (AvgIpc) is 2.34. The number of unbranched alkanes of at least 4 members (excludes halogenated alkanes) is 2. The number of Topliss-reactive ketones (excluding diaryl/α,β-unsaturated/α-hetero) is 1. The first-order valence-corrected chi connectivity index (χ1v) is 5.84. The van der Waals surface area contributed by atoms with Crippen molar-refractivity contribution in [1.29, 1.82) is 0 Å². The molecule has 2 N–H and O–H groups in total. The van der Waals surface area contributed by atoms with Crippen molar-refractivity contribution >= 4 is 5.78 Å². The summed E-state index contributed by atoms with van der Waals surface area (Å²) in [5.41, 5.74) is 0.522. The van der Waals surface area contributed by atoms with E-state index in [1.807, 2.05) is 0 Å². The molecule has 0 aliphatic heterocycles. The highest BCUT2D eigenvalue weighted by molar-refractivity contribution is 5.97. The highest BCUT2D eigenvalue weighted by Gasteiger charge is 2.04. The number of carbonyl (C=O) groups is 1. The number of nitrogens with one attached hydrogen (secondary N) is 1. The highest BCUT2D eigenvalue weighted by atomic mass is 19.1. The molecule has 1 rings (SSSR count). The van der Waals surface area contributed by atoms with Crippen LogP contribution in [-0.4, -0.2) is 30.6 Å². The molecule has 1 aromatic carbocycles. The third kappa shape index (κ3) is 5.56. The van der Waals surface area contributed by atoms with E-state index in [-0.39, 0.29) is 24.8 Å². The van der Waals surface area contributed by atoms with Gasteiger partial charge < -0.3 is 10.4 Å². The molecule has 0 unspecified atom stereocenters. The molecule has 0 aromatic heterocycles. The van der Waals surface area contributed by atoms with Gasteiger partial charge in [0.15, 0.2) is 5.78 Å². The minimum Gasteiger partial charge on any atom is -0.396 e. The van der Waals surface area contributed by atoms with Gasteiger partial charge in [0.05, 0.1) is 6.54 Å². The van der Waals surface area contributed by atoms with Crippen LogP contribution < -0.4 is 5.32 Å². The standard InChI is InChI=1S/C13H18FNO2/c14-12-6-4-11(5-7-12)13(17)10-15-8-2-1-3-9-16/h4-7,15-16H,1-3,8-10H2. The number of rotatable bonds is 8. The van der Waals surface area contributed by atoms with E-state index in [9.17, 15) is 9.18 Å². The Bertz CT molecular complexity index is 338. The summed E-state index contributed by atoms with van der Waals surface area (Å²) in [6, 6.07) is 5.55. The van der Waals surface area contributed by atoms with E-state index in [1.165, 1.54) is 24.3 Å². The number of ketones is 1. The van der Waals surface area contributed by atoms with Crippen molar-refractivity contribution in [3.05, 3.63) is 35.6 Å². The molecule has 0 saturated heterocycles. The number of aliphatic hydroxyl groups is 1. The number of hydrogen-bond acceptors (Lipinski definition) is 3. The van der Waals surface area contributed by atoms with Crippen molar-refractivity contribution in [2.75, 3.05) is 19.7 Å². The molecule has 0 fully saturated rings. The Kier molecular flexibility index (Phi) is 6.43. The zero-order valence-electron chi connectivity index (χ0n) is 9.79. The maximum absolute atomic E-state index is 12.6. The van der Waals surface area contributed by atoms with E-state index in [0.29, 0.717) is 5.56 Å². The molecule has 3 nitrogen and oxygen atoms in total. The topological polar surface area (TPSA) is 49.3 Å². The molecule has 0 radical (unpaired) electrons. The molecule has 0 bridgehead atoms. The Hall–Kier alpha value is -1.26. The van der Waals surface area contributed by atoms with Gasteiger partial charge in [0.25, 0.3) is 0 Å². The number of halogens is 1. The van der Waals surface area contributed by atoms with Gasteiger partial charge in [-0.15, -0.1) is 0 Å². The summed E-state index contributed by atoms with van der Waals surface area (Å²) in [6.07, 6.45) is 2.69. The zero-order valence-corrected chi connectivity index (χ0v) is 9.79. The van der Waals surface area contributed by atoms with E-state index in [2.05, 4.69) is 5.32 Å². The van der Waals surface area contributed by atoms with Crippen molar-refractivity contribution in [2.24, 2.45) is 0 Å². The summed E-state index contributed by atoms with van der Waals surface area (Å²) < 4.78 is 12.6. The molecular formula is C13H18FNO2. The quantitative estimate of drug-likeness (QED) is 0.537. The van der Waals surface area contributed by atoms with Crippen LogP contribution in [0.25, 0.3) is 0 Å². The lowest BCUT2D eigenvalue weighted by Gasteiger charge is -2.04. The van der Waals surface area contributed by atoms with Crippen LogP contribution in [-0.2, 0) is 0 Å². The second-order valence-corrected chi connectivity index (χ2v) is 3.89. The summed E-state index contributed by atoms with van der Waals surface area (Å²) in [6.45, 7) is 1.24. The summed E-state index contributed by atoms with van der Waals surface area (Å²) in [4.78, 5) is 11.6. The fourth-order valence-corrected chi connectivity index (χ4v) is 1.48. The highest BCUT2D eigenvalue weighted by Crippen LogP contribution is 2.03. The molecule has 0 atom stereocenters. The van der Waals surface area contributed by atoms with Crippen molar-refractivity contribution in [3.63, 3.8) is 0 Å². The average molecular weight is 239 g/mol. The van der Waals surface area contributed by atoms with Crippen LogP contribution in [0, 0.1) is 5.82 Å². The lowest BCUT2D eigenvalue weighted by Crippen LogP contribution is -2.24. The Morgan fingerprint density at radius 3 is 2.53 bits per heavy atom. The van der Waals surface area contributed by atoms with Gasteiger partial charge in [-0.1, -0.05) is 0 Å². The Morgan fingerprint density at radius 1 is 1.18 bits per heavy atom. The van der Waals surface area contributed by atoms with Crippen molar-refractivity contribution in [3.8, 4) is 0 Å². The lowest BCUT2D eigenvalue weighted by molar-refractivity contribution is 0.0991. The SMILES string of the molecule is O=C(CNCCCCCO)c1ccc(F)cc1. The number of aliphatic hydroxyl groups excluding tert-OH is 1. The normalized spacial score (nSPS) is 10.5. The largest absolute Gasteiger partial charge is 0.396 e. The van der Waals surface area contributed by atoms with Gasteiger partial charge in [0, 0.05) is 12.2 Å². The summed E-state index contributed by atoms with van der Waals surface area (Å²) in [7, 11) is 0. The summed E-state index contributed by atoms with van der Waals surface area (Å²) >= 11 is 0. The van der Waals surface area contributed by atoms with Gasteiger partial charge in [0.1, 0.15) is 5.82 Å².